The van der Waals surface area contributed by atoms with Crippen LogP contribution in [0.1, 0.15) is 19.8 Å². The molecule has 0 amide bonds. The van der Waals surface area contributed by atoms with Crippen LogP contribution in [0.4, 0.5) is 0 Å². The van der Waals surface area contributed by atoms with Crippen LogP contribution < -0.4 is 10.1 Å². The van der Waals surface area contributed by atoms with E-state index < -0.39 is 0 Å². The molecule has 1 N–H and O–H groups in total. The standard InChI is InChI=1S/C15H23BrN2O3/c1-3-4-18-13-8-14(15(13)20-6-5-19-2)21-12-7-11(16)9-17-10-12/h7,9-10,13-15,18H,3-6,8H2,1-2H3. The number of hydrogen-bond donors (Lipinski definition) is 1. The molecule has 3 unspecified atom stereocenters. The van der Waals surface area contributed by atoms with E-state index in [1.807, 2.05) is 6.07 Å². The second-order valence-corrected chi connectivity index (χ2v) is 6.04. The molecule has 0 aliphatic heterocycles. The Kier molecular flexibility index (Phi) is 6.89. The Balaban J connectivity index is 1.88. The molecule has 21 heavy (non-hydrogen) atoms. The van der Waals surface area contributed by atoms with Gasteiger partial charge >= 0.3 is 0 Å². The largest absolute Gasteiger partial charge is 0.486 e. The molecule has 1 aromatic rings. The highest BCUT2D eigenvalue weighted by atomic mass is 79.9. The van der Waals surface area contributed by atoms with Gasteiger partial charge in [0.2, 0.25) is 0 Å². The van der Waals surface area contributed by atoms with Crippen LogP contribution >= 0.6 is 15.9 Å². The molecule has 5 nitrogen and oxygen atoms in total. The molecule has 1 aliphatic carbocycles. The van der Waals surface area contributed by atoms with Gasteiger partial charge in [0.1, 0.15) is 18.0 Å². The molecule has 1 fully saturated rings. The van der Waals surface area contributed by atoms with E-state index in [1.165, 1.54) is 0 Å². The fraction of sp³-hybridized carbons (Fsp3) is 0.667. The van der Waals surface area contributed by atoms with E-state index in [1.54, 1.807) is 19.5 Å². The lowest BCUT2D eigenvalue weighted by Crippen LogP contribution is -2.61. The van der Waals surface area contributed by atoms with Crippen LogP contribution in [0.25, 0.3) is 0 Å². The first-order valence-electron chi connectivity index (χ1n) is 7.35. The van der Waals surface area contributed by atoms with E-state index in [9.17, 15) is 0 Å². The summed E-state index contributed by atoms with van der Waals surface area (Å²) in [6, 6.07) is 2.28. The van der Waals surface area contributed by atoms with Crippen LogP contribution in [0.15, 0.2) is 22.9 Å². The lowest BCUT2D eigenvalue weighted by Gasteiger charge is -2.44. The number of aromatic nitrogens is 1. The zero-order chi connectivity index (χ0) is 15.1. The Bertz CT molecular complexity index is 433. The fourth-order valence-electron chi connectivity index (χ4n) is 2.35. The minimum atomic E-state index is 0.0608. The first-order chi connectivity index (χ1) is 10.2. The van der Waals surface area contributed by atoms with Crippen LogP contribution in [0.5, 0.6) is 5.75 Å². The minimum absolute atomic E-state index is 0.0608. The molecular weight excluding hydrogens is 336 g/mol. The number of methoxy groups -OCH3 is 1. The first kappa shape index (κ1) is 16.7. The van der Waals surface area contributed by atoms with Crippen molar-refractivity contribution in [3.63, 3.8) is 0 Å². The van der Waals surface area contributed by atoms with Crippen molar-refractivity contribution in [2.75, 3.05) is 26.9 Å². The maximum Gasteiger partial charge on any atom is 0.139 e. The summed E-state index contributed by atoms with van der Waals surface area (Å²) < 4.78 is 17.8. The zero-order valence-corrected chi connectivity index (χ0v) is 14.1. The third-order valence-corrected chi connectivity index (χ3v) is 3.90. The Morgan fingerprint density at radius 3 is 2.95 bits per heavy atom. The Morgan fingerprint density at radius 2 is 2.24 bits per heavy atom. The van der Waals surface area contributed by atoms with Gasteiger partial charge in [-0.1, -0.05) is 6.92 Å². The van der Waals surface area contributed by atoms with Crippen molar-refractivity contribution in [3.8, 4) is 5.75 Å². The molecule has 1 heterocycles. The van der Waals surface area contributed by atoms with Crippen molar-refractivity contribution in [1.29, 1.82) is 0 Å². The van der Waals surface area contributed by atoms with Crippen molar-refractivity contribution >= 4 is 15.9 Å². The van der Waals surface area contributed by atoms with Gasteiger partial charge in [-0.25, -0.2) is 0 Å². The van der Waals surface area contributed by atoms with Crippen molar-refractivity contribution in [2.24, 2.45) is 0 Å². The summed E-state index contributed by atoms with van der Waals surface area (Å²) in [6.45, 7) is 4.35. The van der Waals surface area contributed by atoms with Gasteiger partial charge in [0.15, 0.2) is 0 Å². The number of nitrogens with zero attached hydrogens (tertiary/aromatic N) is 1. The molecule has 0 aromatic carbocycles. The average Bonchev–Trinajstić information content (AvgIpc) is 2.46. The van der Waals surface area contributed by atoms with Crippen LogP contribution in [0.2, 0.25) is 0 Å². The number of ether oxygens (including phenoxy) is 3. The fourth-order valence-corrected chi connectivity index (χ4v) is 2.69. The van der Waals surface area contributed by atoms with E-state index in [4.69, 9.17) is 14.2 Å². The summed E-state index contributed by atoms with van der Waals surface area (Å²) in [5.41, 5.74) is 0. The third-order valence-electron chi connectivity index (χ3n) is 3.47. The van der Waals surface area contributed by atoms with Crippen molar-refractivity contribution in [1.82, 2.24) is 10.3 Å². The van der Waals surface area contributed by atoms with Gasteiger partial charge in [-0.2, -0.15) is 0 Å². The summed E-state index contributed by atoms with van der Waals surface area (Å²) in [5.74, 6) is 0.767. The average molecular weight is 359 g/mol. The first-order valence-corrected chi connectivity index (χ1v) is 8.15. The number of rotatable bonds is 9. The molecule has 118 valence electrons. The SMILES string of the molecule is CCCNC1CC(Oc2cncc(Br)c2)C1OCCOC. The third kappa shape index (κ3) is 4.92. The molecule has 6 heteroatoms. The van der Waals surface area contributed by atoms with Crippen molar-refractivity contribution in [2.45, 2.75) is 38.0 Å². The van der Waals surface area contributed by atoms with Gasteiger partial charge in [0.25, 0.3) is 0 Å². The molecule has 0 bridgehead atoms. The topological polar surface area (TPSA) is 52.6 Å². The molecule has 0 saturated heterocycles. The lowest BCUT2D eigenvalue weighted by molar-refractivity contribution is -0.115. The second kappa shape index (κ2) is 8.68. The smallest absolute Gasteiger partial charge is 0.139 e. The molecule has 1 aromatic heterocycles. The van der Waals surface area contributed by atoms with E-state index in [-0.39, 0.29) is 12.2 Å². The Hall–Kier alpha value is -0.690. The number of halogens is 1. The number of hydrogen-bond acceptors (Lipinski definition) is 5. The van der Waals surface area contributed by atoms with Gasteiger partial charge in [-0.15, -0.1) is 0 Å². The van der Waals surface area contributed by atoms with Gasteiger partial charge in [0, 0.05) is 30.2 Å². The Morgan fingerprint density at radius 1 is 1.38 bits per heavy atom. The lowest BCUT2D eigenvalue weighted by atomic mass is 9.85. The quantitative estimate of drug-likeness (QED) is 0.687. The van der Waals surface area contributed by atoms with E-state index >= 15 is 0 Å². The van der Waals surface area contributed by atoms with Gasteiger partial charge < -0.3 is 19.5 Å². The molecule has 0 radical (unpaired) electrons. The van der Waals surface area contributed by atoms with Crippen LogP contribution in [-0.2, 0) is 9.47 Å². The highest BCUT2D eigenvalue weighted by Gasteiger charge is 2.43. The summed E-state index contributed by atoms with van der Waals surface area (Å²) in [4.78, 5) is 4.12. The summed E-state index contributed by atoms with van der Waals surface area (Å²) in [5, 5.41) is 3.50. The molecular formula is C15H23BrN2O3. The number of pyridine rings is 1. The van der Waals surface area contributed by atoms with Crippen molar-refractivity contribution < 1.29 is 14.2 Å². The van der Waals surface area contributed by atoms with E-state index in [2.05, 4.69) is 33.2 Å². The van der Waals surface area contributed by atoms with Gasteiger partial charge in [-0.05, 0) is 35.0 Å². The predicted molar refractivity (Wildman–Crippen MR) is 84.7 cm³/mol. The maximum absolute atomic E-state index is 5.99. The minimum Gasteiger partial charge on any atom is -0.486 e. The second-order valence-electron chi connectivity index (χ2n) is 5.12. The van der Waals surface area contributed by atoms with Crippen molar-refractivity contribution in [3.05, 3.63) is 22.9 Å². The molecule has 0 spiro atoms. The van der Waals surface area contributed by atoms with E-state index in [0.717, 1.165) is 29.6 Å². The molecule has 1 saturated carbocycles. The molecule has 2 rings (SSSR count). The van der Waals surface area contributed by atoms with Crippen LogP contribution in [0, 0.1) is 0 Å². The monoisotopic (exact) mass is 358 g/mol. The normalized spacial score (nSPS) is 24.6. The highest BCUT2D eigenvalue weighted by Crippen LogP contribution is 2.29. The highest BCUT2D eigenvalue weighted by molar-refractivity contribution is 9.10. The summed E-state index contributed by atoms with van der Waals surface area (Å²) in [6.07, 6.45) is 5.65. The van der Waals surface area contributed by atoms with Gasteiger partial charge in [-0.3, -0.25) is 4.98 Å². The van der Waals surface area contributed by atoms with E-state index in [0.29, 0.717) is 19.3 Å². The predicted octanol–water partition coefficient (Wildman–Crippen LogP) is 2.40. The van der Waals surface area contributed by atoms with Crippen LogP contribution in [0.3, 0.4) is 0 Å². The maximum atomic E-state index is 5.99. The number of nitrogens with one attached hydrogen (secondary N) is 1. The van der Waals surface area contributed by atoms with Gasteiger partial charge in [0.05, 0.1) is 19.4 Å². The summed E-state index contributed by atoms with van der Waals surface area (Å²) >= 11 is 3.40. The Labute approximate surface area is 134 Å². The zero-order valence-electron chi connectivity index (χ0n) is 12.5. The van der Waals surface area contributed by atoms with Crippen LogP contribution in [-0.4, -0.2) is 50.1 Å². The molecule has 1 aliphatic rings. The molecule has 3 atom stereocenters. The summed E-state index contributed by atoms with van der Waals surface area (Å²) in [7, 11) is 1.68.